The van der Waals surface area contributed by atoms with Crippen LogP contribution in [0.3, 0.4) is 0 Å². The molecule has 1 aliphatic carbocycles. The summed E-state index contributed by atoms with van der Waals surface area (Å²) >= 11 is 0. The molecule has 5 amide bonds. The van der Waals surface area contributed by atoms with Crippen molar-refractivity contribution in [3.63, 3.8) is 0 Å². The SMILES string of the molecule is CNC(=O)NC(=O)[C@@H](C)OC(=O)[C@H](C)N1C(=O)[C@H]2CCCC[C@H]2C1=O. The number of likely N-dealkylation sites (tertiary alicyclic amines) is 1. The number of nitrogens with zero attached hydrogens (tertiary/aromatic N) is 1. The summed E-state index contributed by atoms with van der Waals surface area (Å²) in [5.74, 6) is -3.06. The van der Waals surface area contributed by atoms with Gasteiger partial charge in [-0.15, -0.1) is 0 Å². The summed E-state index contributed by atoms with van der Waals surface area (Å²) in [6.07, 6.45) is 1.85. The number of ether oxygens (including phenoxy) is 1. The summed E-state index contributed by atoms with van der Waals surface area (Å²) in [4.78, 5) is 61.0. The number of nitrogens with one attached hydrogen (secondary N) is 2. The molecule has 0 radical (unpaired) electrons. The molecule has 138 valence electrons. The first-order chi connectivity index (χ1) is 11.8. The topological polar surface area (TPSA) is 122 Å². The first-order valence-corrected chi connectivity index (χ1v) is 8.38. The molecule has 0 aromatic rings. The molecule has 0 aromatic carbocycles. The Balaban J connectivity index is 1.99. The zero-order chi connectivity index (χ0) is 18.7. The Morgan fingerprint density at radius 1 is 1.08 bits per heavy atom. The summed E-state index contributed by atoms with van der Waals surface area (Å²) in [6.45, 7) is 2.70. The number of carbonyl (C=O) groups excluding carboxylic acids is 5. The van der Waals surface area contributed by atoms with Crippen molar-refractivity contribution < 1.29 is 28.7 Å². The number of imide groups is 2. The van der Waals surface area contributed by atoms with E-state index in [1.807, 2.05) is 5.32 Å². The van der Waals surface area contributed by atoms with Crippen LogP contribution >= 0.6 is 0 Å². The predicted octanol–water partition coefficient (Wildman–Crippen LogP) is -0.0626. The van der Waals surface area contributed by atoms with Gasteiger partial charge in [0.05, 0.1) is 11.8 Å². The molecule has 4 atom stereocenters. The predicted molar refractivity (Wildman–Crippen MR) is 84.9 cm³/mol. The van der Waals surface area contributed by atoms with E-state index in [0.717, 1.165) is 17.7 Å². The van der Waals surface area contributed by atoms with Crippen LogP contribution in [0.4, 0.5) is 4.79 Å². The van der Waals surface area contributed by atoms with Crippen LogP contribution in [-0.2, 0) is 23.9 Å². The molecule has 2 N–H and O–H groups in total. The highest BCUT2D eigenvalue weighted by atomic mass is 16.5. The van der Waals surface area contributed by atoms with Gasteiger partial charge in [0.15, 0.2) is 6.10 Å². The first-order valence-electron chi connectivity index (χ1n) is 8.38. The number of hydrogen-bond donors (Lipinski definition) is 2. The molecule has 2 fully saturated rings. The van der Waals surface area contributed by atoms with Crippen LogP contribution in [0, 0.1) is 11.8 Å². The zero-order valence-electron chi connectivity index (χ0n) is 14.5. The Hall–Kier alpha value is -2.45. The largest absolute Gasteiger partial charge is 0.451 e. The van der Waals surface area contributed by atoms with Gasteiger partial charge in [0.25, 0.3) is 5.91 Å². The summed E-state index contributed by atoms with van der Waals surface area (Å²) in [5.41, 5.74) is 0. The summed E-state index contributed by atoms with van der Waals surface area (Å²) in [7, 11) is 1.34. The second-order valence-electron chi connectivity index (χ2n) is 6.37. The highest BCUT2D eigenvalue weighted by molar-refractivity contribution is 6.08. The van der Waals surface area contributed by atoms with Crippen molar-refractivity contribution >= 4 is 29.7 Å². The fraction of sp³-hybridized carbons (Fsp3) is 0.688. The lowest BCUT2D eigenvalue weighted by molar-refractivity contribution is -0.163. The van der Waals surface area contributed by atoms with E-state index in [2.05, 4.69) is 5.32 Å². The van der Waals surface area contributed by atoms with Crippen LogP contribution in [0.1, 0.15) is 39.5 Å². The normalized spacial score (nSPS) is 25.0. The number of urea groups is 1. The second-order valence-corrected chi connectivity index (χ2v) is 6.37. The molecule has 9 nitrogen and oxygen atoms in total. The highest BCUT2D eigenvalue weighted by Crippen LogP contribution is 2.38. The van der Waals surface area contributed by atoms with Gasteiger partial charge in [0.1, 0.15) is 6.04 Å². The van der Waals surface area contributed by atoms with E-state index >= 15 is 0 Å². The fourth-order valence-corrected chi connectivity index (χ4v) is 3.28. The van der Waals surface area contributed by atoms with E-state index in [1.54, 1.807) is 0 Å². The van der Waals surface area contributed by atoms with Crippen molar-refractivity contribution in [3.05, 3.63) is 0 Å². The van der Waals surface area contributed by atoms with Crippen molar-refractivity contribution in [2.75, 3.05) is 7.05 Å². The molecule has 1 saturated carbocycles. The minimum atomic E-state index is -1.23. The maximum absolute atomic E-state index is 12.5. The van der Waals surface area contributed by atoms with E-state index in [-0.39, 0.29) is 23.7 Å². The van der Waals surface area contributed by atoms with Gasteiger partial charge in [-0.05, 0) is 26.7 Å². The molecule has 0 aromatic heterocycles. The van der Waals surface area contributed by atoms with Crippen LogP contribution in [0.15, 0.2) is 0 Å². The van der Waals surface area contributed by atoms with Gasteiger partial charge in [-0.25, -0.2) is 9.59 Å². The highest BCUT2D eigenvalue weighted by Gasteiger charge is 2.51. The molecule has 0 unspecified atom stereocenters. The van der Waals surface area contributed by atoms with Crippen LogP contribution in [0.2, 0.25) is 0 Å². The van der Waals surface area contributed by atoms with E-state index in [0.29, 0.717) is 12.8 Å². The Morgan fingerprint density at radius 2 is 1.60 bits per heavy atom. The van der Waals surface area contributed by atoms with Crippen molar-refractivity contribution in [1.29, 1.82) is 0 Å². The van der Waals surface area contributed by atoms with Gasteiger partial charge in [0, 0.05) is 7.05 Å². The molecule has 0 bridgehead atoms. The maximum Gasteiger partial charge on any atom is 0.329 e. The molecule has 9 heteroatoms. The molecule has 1 saturated heterocycles. The third-order valence-electron chi connectivity index (χ3n) is 4.73. The number of fused-ring (bicyclic) bond motifs is 1. The number of rotatable bonds is 4. The summed E-state index contributed by atoms with van der Waals surface area (Å²) in [5, 5.41) is 4.19. The van der Waals surface area contributed by atoms with Crippen molar-refractivity contribution in [2.45, 2.75) is 51.7 Å². The van der Waals surface area contributed by atoms with Gasteiger partial charge < -0.3 is 10.1 Å². The zero-order valence-corrected chi connectivity index (χ0v) is 14.5. The standard InChI is InChI=1S/C16H23N3O6/c1-8(15(23)25-9(2)12(20)18-16(24)17-3)19-13(21)10-6-4-5-7-11(10)14(19)22/h8-11H,4-7H2,1-3H3,(H2,17,18,20,24)/t8-,9+,10-,11+/m0/s1. The molecule has 25 heavy (non-hydrogen) atoms. The van der Waals surface area contributed by atoms with Crippen molar-refractivity contribution in [3.8, 4) is 0 Å². The van der Waals surface area contributed by atoms with Crippen LogP contribution in [-0.4, -0.2) is 53.8 Å². The minimum absolute atomic E-state index is 0.346. The number of esters is 1. The quantitative estimate of drug-likeness (QED) is 0.539. The summed E-state index contributed by atoms with van der Waals surface area (Å²) < 4.78 is 5.00. The van der Waals surface area contributed by atoms with Gasteiger partial charge in [-0.3, -0.25) is 24.6 Å². The van der Waals surface area contributed by atoms with Gasteiger partial charge in [-0.2, -0.15) is 0 Å². The van der Waals surface area contributed by atoms with E-state index in [4.69, 9.17) is 4.74 Å². The Labute approximate surface area is 145 Å². The van der Waals surface area contributed by atoms with Crippen LogP contribution in [0.25, 0.3) is 0 Å². The lowest BCUT2D eigenvalue weighted by atomic mass is 9.81. The average molecular weight is 353 g/mol. The number of hydrogen-bond acceptors (Lipinski definition) is 6. The number of amides is 5. The van der Waals surface area contributed by atoms with Gasteiger partial charge >= 0.3 is 12.0 Å². The van der Waals surface area contributed by atoms with Crippen molar-refractivity contribution in [2.24, 2.45) is 11.8 Å². The monoisotopic (exact) mass is 353 g/mol. The van der Waals surface area contributed by atoms with Gasteiger partial charge in [-0.1, -0.05) is 12.8 Å². The van der Waals surface area contributed by atoms with E-state index in [1.165, 1.54) is 20.9 Å². The fourth-order valence-electron chi connectivity index (χ4n) is 3.28. The molecule has 2 rings (SSSR count). The second kappa shape index (κ2) is 7.62. The first kappa shape index (κ1) is 18.9. The van der Waals surface area contributed by atoms with E-state index in [9.17, 15) is 24.0 Å². The summed E-state index contributed by atoms with van der Waals surface area (Å²) in [6, 6.07) is -1.84. The smallest absolute Gasteiger partial charge is 0.329 e. The molecular weight excluding hydrogens is 330 g/mol. The third kappa shape index (κ3) is 3.80. The Morgan fingerprint density at radius 3 is 2.08 bits per heavy atom. The average Bonchev–Trinajstić information content (AvgIpc) is 2.85. The lowest BCUT2D eigenvalue weighted by Gasteiger charge is -2.23. The molecule has 0 spiro atoms. The molecular formula is C16H23N3O6. The molecule has 1 aliphatic heterocycles. The molecule has 2 aliphatic rings. The maximum atomic E-state index is 12.5. The minimum Gasteiger partial charge on any atom is -0.451 e. The lowest BCUT2D eigenvalue weighted by Crippen LogP contribution is -2.48. The van der Waals surface area contributed by atoms with Crippen molar-refractivity contribution in [1.82, 2.24) is 15.5 Å². The van der Waals surface area contributed by atoms with Gasteiger partial charge in [0.2, 0.25) is 11.8 Å². The Kier molecular flexibility index (Phi) is 5.76. The number of carbonyl (C=O) groups is 5. The third-order valence-corrected chi connectivity index (χ3v) is 4.73. The molecule has 1 heterocycles. The van der Waals surface area contributed by atoms with Crippen LogP contribution in [0.5, 0.6) is 0 Å². The van der Waals surface area contributed by atoms with Crippen LogP contribution < -0.4 is 10.6 Å². The Bertz CT molecular complexity index is 581. The van der Waals surface area contributed by atoms with E-state index < -0.39 is 30.1 Å².